The van der Waals surface area contributed by atoms with E-state index in [2.05, 4.69) is 25.4 Å². The number of nitriles is 1. The Morgan fingerprint density at radius 3 is 2.80 bits per heavy atom. The van der Waals surface area contributed by atoms with Crippen molar-refractivity contribution in [2.75, 3.05) is 11.9 Å². The fourth-order valence-electron chi connectivity index (χ4n) is 1.54. The fourth-order valence-corrected chi connectivity index (χ4v) is 1.54. The maximum absolute atomic E-state index is 8.61. The minimum atomic E-state index is 0.277. The third-order valence-electron chi connectivity index (χ3n) is 2.64. The summed E-state index contributed by atoms with van der Waals surface area (Å²) in [5, 5.41) is 15.6. The van der Waals surface area contributed by atoms with E-state index < -0.39 is 0 Å². The van der Waals surface area contributed by atoms with E-state index in [1.807, 2.05) is 19.9 Å². The minimum Gasteiger partial charge on any atom is -0.369 e. The molecule has 0 aliphatic carbocycles. The molecule has 2 heterocycles. The summed E-state index contributed by atoms with van der Waals surface area (Å²) in [5.41, 5.74) is 0.308. The minimum absolute atomic E-state index is 0.277. The zero-order valence-corrected chi connectivity index (χ0v) is 11.5. The van der Waals surface area contributed by atoms with Crippen LogP contribution in [0.5, 0.6) is 0 Å². The van der Waals surface area contributed by atoms with E-state index in [9.17, 15) is 0 Å². The van der Waals surface area contributed by atoms with Crippen LogP contribution in [0, 0.1) is 11.3 Å². The van der Waals surface area contributed by atoms with Crippen molar-refractivity contribution in [3.8, 4) is 6.07 Å². The van der Waals surface area contributed by atoms with Crippen molar-refractivity contribution in [3.63, 3.8) is 0 Å². The lowest BCUT2D eigenvalue weighted by atomic mass is 10.2. The number of aromatic nitrogens is 4. The number of aryl methyl sites for hydroxylation is 1. The summed E-state index contributed by atoms with van der Waals surface area (Å²) < 4.78 is 5.16. The van der Waals surface area contributed by atoms with E-state index in [1.165, 1.54) is 6.20 Å². The summed E-state index contributed by atoms with van der Waals surface area (Å²) in [5.74, 6) is 2.32. The molecule has 0 aliphatic rings. The van der Waals surface area contributed by atoms with Gasteiger partial charge >= 0.3 is 0 Å². The molecule has 0 amide bonds. The van der Waals surface area contributed by atoms with Crippen molar-refractivity contribution in [1.82, 2.24) is 20.1 Å². The second-order valence-corrected chi connectivity index (χ2v) is 4.63. The van der Waals surface area contributed by atoms with Crippen LogP contribution in [0.15, 0.2) is 16.9 Å². The Hall–Kier alpha value is -2.49. The first kappa shape index (κ1) is 13.9. The highest BCUT2D eigenvalue weighted by molar-refractivity contribution is 5.32. The van der Waals surface area contributed by atoms with Gasteiger partial charge in [-0.15, -0.1) is 0 Å². The molecule has 0 bridgehead atoms. The van der Waals surface area contributed by atoms with Crippen molar-refractivity contribution >= 4 is 5.82 Å². The largest absolute Gasteiger partial charge is 0.369 e. The second-order valence-electron chi connectivity index (χ2n) is 4.63. The number of hydrogen-bond donors (Lipinski definition) is 1. The van der Waals surface area contributed by atoms with Crippen LogP contribution in [-0.4, -0.2) is 26.7 Å². The Balaban J connectivity index is 1.74. The Bertz CT molecular complexity index is 584. The molecule has 0 aromatic carbocycles. The number of nitrogens with one attached hydrogen (secondary N) is 1. The lowest BCUT2D eigenvalue weighted by Gasteiger charge is -2.03. The van der Waals surface area contributed by atoms with Crippen LogP contribution in [0.1, 0.15) is 43.6 Å². The SMILES string of the molecule is CC(C)c1noc(CCCNc2cnc(C#N)cn2)n1. The van der Waals surface area contributed by atoms with Crippen LogP contribution in [0.4, 0.5) is 5.82 Å². The Labute approximate surface area is 117 Å². The monoisotopic (exact) mass is 272 g/mol. The van der Waals surface area contributed by atoms with Gasteiger partial charge in [0.1, 0.15) is 11.9 Å². The average Bonchev–Trinajstić information content (AvgIpc) is 2.93. The van der Waals surface area contributed by atoms with Gasteiger partial charge in [0.15, 0.2) is 11.5 Å². The lowest BCUT2D eigenvalue weighted by molar-refractivity contribution is 0.369. The van der Waals surface area contributed by atoms with Gasteiger partial charge in [0.2, 0.25) is 5.89 Å². The number of nitrogens with zero attached hydrogens (tertiary/aromatic N) is 5. The molecule has 0 saturated carbocycles. The first-order valence-corrected chi connectivity index (χ1v) is 6.47. The first-order valence-electron chi connectivity index (χ1n) is 6.47. The van der Waals surface area contributed by atoms with Gasteiger partial charge in [0.25, 0.3) is 0 Å². The van der Waals surface area contributed by atoms with Crippen molar-refractivity contribution in [2.45, 2.75) is 32.6 Å². The summed E-state index contributed by atoms with van der Waals surface area (Å²) in [7, 11) is 0. The lowest BCUT2D eigenvalue weighted by Crippen LogP contribution is -2.05. The molecule has 0 aliphatic heterocycles. The molecule has 104 valence electrons. The molecule has 20 heavy (non-hydrogen) atoms. The highest BCUT2D eigenvalue weighted by Gasteiger charge is 2.08. The summed E-state index contributed by atoms with van der Waals surface area (Å²) in [6, 6.07) is 1.93. The average molecular weight is 272 g/mol. The normalized spacial score (nSPS) is 10.5. The molecule has 2 aromatic rings. The third-order valence-corrected chi connectivity index (χ3v) is 2.64. The van der Waals surface area contributed by atoms with Gasteiger partial charge in [-0.05, 0) is 6.42 Å². The molecule has 0 fully saturated rings. The molecule has 0 unspecified atom stereocenters. The van der Waals surface area contributed by atoms with Crippen LogP contribution in [0.25, 0.3) is 0 Å². The molecule has 0 spiro atoms. The maximum Gasteiger partial charge on any atom is 0.226 e. The molecule has 7 heteroatoms. The molecule has 2 rings (SSSR count). The van der Waals surface area contributed by atoms with Crippen molar-refractivity contribution < 1.29 is 4.52 Å². The second kappa shape index (κ2) is 6.61. The van der Waals surface area contributed by atoms with Crippen molar-refractivity contribution in [3.05, 3.63) is 29.8 Å². The van der Waals surface area contributed by atoms with Crippen LogP contribution in [0.3, 0.4) is 0 Å². The Morgan fingerprint density at radius 1 is 1.35 bits per heavy atom. The maximum atomic E-state index is 8.61. The van der Waals surface area contributed by atoms with Gasteiger partial charge in [-0.25, -0.2) is 9.97 Å². The summed E-state index contributed by atoms with van der Waals surface area (Å²) in [6.07, 6.45) is 4.55. The van der Waals surface area contributed by atoms with Gasteiger partial charge in [-0.2, -0.15) is 10.2 Å². The van der Waals surface area contributed by atoms with E-state index in [-0.39, 0.29) is 5.92 Å². The van der Waals surface area contributed by atoms with E-state index in [0.29, 0.717) is 17.4 Å². The van der Waals surface area contributed by atoms with Crippen LogP contribution < -0.4 is 5.32 Å². The topological polar surface area (TPSA) is 101 Å². The predicted molar refractivity (Wildman–Crippen MR) is 71.9 cm³/mol. The highest BCUT2D eigenvalue weighted by atomic mass is 16.5. The van der Waals surface area contributed by atoms with E-state index >= 15 is 0 Å². The van der Waals surface area contributed by atoms with E-state index in [4.69, 9.17) is 9.78 Å². The molecule has 0 radical (unpaired) electrons. The summed E-state index contributed by atoms with van der Waals surface area (Å²) >= 11 is 0. The Morgan fingerprint density at radius 2 is 2.20 bits per heavy atom. The third kappa shape index (κ3) is 3.75. The van der Waals surface area contributed by atoms with Crippen molar-refractivity contribution in [1.29, 1.82) is 5.26 Å². The molecule has 1 N–H and O–H groups in total. The summed E-state index contributed by atoms with van der Waals surface area (Å²) in [4.78, 5) is 12.3. The van der Waals surface area contributed by atoms with E-state index in [0.717, 1.165) is 25.2 Å². The molecule has 0 atom stereocenters. The highest BCUT2D eigenvalue weighted by Crippen LogP contribution is 2.10. The van der Waals surface area contributed by atoms with Gasteiger partial charge in [0, 0.05) is 18.9 Å². The number of anilines is 1. The number of rotatable bonds is 6. The first-order chi connectivity index (χ1) is 9.69. The standard InChI is InChI=1S/C13H16N6O/c1-9(2)13-18-12(20-19-13)4-3-5-15-11-8-16-10(6-14)7-17-11/h7-9H,3-5H2,1-2H3,(H,15,17). The quantitative estimate of drug-likeness (QED) is 0.801. The van der Waals surface area contributed by atoms with Crippen LogP contribution in [-0.2, 0) is 6.42 Å². The molecular formula is C13H16N6O. The smallest absolute Gasteiger partial charge is 0.226 e. The van der Waals surface area contributed by atoms with Crippen LogP contribution in [0.2, 0.25) is 0 Å². The van der Waals surface area contributed by atoms with Gasteiger partial charge in [0.05, 0.1) is 12.4 Å². The molecule has 2 aromatic heterocycles. The molecule has 7 nitrogen and oxygen atoms in total. The fraction of sp³-hybridized carbons (Fsp3) is 0.462. The zero-order chi connectivity index (χ0) is 14.4. The van der Waals surface area contributed by atoms with E-state index in [1.54, 1.807) is 6.20 Å². The molecule has 0 saturated heterocycles. The Kier molecular flexibility index (Phi) is 4.60. The van der Waals surface area contributed by atoms with Crippen molar-refractivity contribution in [2.24, 2.45) is 0 Å². The van der Waals surface area contributed by atoms with Gasteiger partial charge in [-0.3, -0.25) is 0 Å². The number of hydrogen-bond acceptors (Lipinski definition) is 7. The predicted octanol–water partition coefficient (Wildman–Crippen LogP) is 1.90. The summed E-state index contributed by atoms with van der Waals surface area (Å²) in [6.45, 7) is 4.78. The van der Waals surface area contributed by atoms with Gasteiger partial charge < -0.3 is 9.84 Å². The molecular weight excluding hydrogens is 256 g/mol. The van der Waals surface area contributed by atoms with Gasteiger partial charge in [-0.1, -0.05) is 19.0 Å². The zero-order valence-electron chi connectivity index (χ0n) is 11.5. The van der Waals surface area contributed by atoms with Crippen LogP contribution >= 0.6 is 0 Å².